The maximum atomic E-state index is 11.5. The minimum Gasteiger partial charge on any atom is -0.457 e. The maximum Gasteiger partial charge on any atom is 0.276 e. The molecule has 4 aromatic rings. The topological polar surface area (TPSA) is 191 Å². The second-order valence-corrected chi connectivity index (χ2v) is 9.71. The van der Waals surface area contributed by atoms with E-state index in [0.29, 0.717) is 58.5 Å². The van der Waals surface area contributed by atoms with Gasteiger partial charge in [-0.3, -0.25) is 34.8 Å². The van der Waals surface area contributed by atoms with Crippen molar-refractivity contribution in [1.82, 2.24) is 9.97 Å². The van der Waals surface area contributed by atoms with Crippen LogP contribution in [0.2, 0.25) is 0 Å². The minimum absolute atomic E-state index is 0.00735. The van der Waals surface area contributed by atoms with Crippen LogP contribution < -0.4 is 15.2 Å². The number of nitro benzene ring substituents is 2. The zero-order valence-corrected chi connectivity index (χ0v) is 25.8. The third-order valence-corrected chi connectivity index (χ3v) is 6.08. The molecule has 0 spiro atoms. The average Bonchev–Trinajstić information content (AvgIpc) is 2.99. The van der Waals surface area contributed by atoms with Gasteiger partial charge in [0.05, 0.1) is 27.7 Å². The van der Waals surface area contributed by atoms with E-state index in [4.69, 9.17) is 26.8 Å². The summed E-state index contributed by atoms with van der Waals surface area (Å²) in [5.74, 6) is 2.16. The summed E-state index contributed by atoms with van der Waals surface area (Å²) >= 11 is 4.82. The molecule has 0 aliphatic rings. The second kappa shape index (κ2) is 17.6. The van der Waals surface area contributed by atoms with E-state index in [1.807, 2.05) is 0 Å². The van der Waals surface area contributed by atoms with Gasteiger partial charge in [0.25, 0.3) is 11.4 Å². The highest BCUT2D eigenvalue weighted by atomic mass is 35.5. The number of nitrogen functional groups attached to an aromatic ring is 1. The van der Waals surface area contributed by atoms with Crippen molar-refractivity contribution in [3.8, 4) is 23.0 Å². The molecule has 0 saturated heterocycles. The molecule has 0 atom stereocenters. The van der Waals surface area contributed by atoms with Crippen LogP contribution in [0.5, 0.6) is 23.0 Å². The zero-order valence-electron chi connectivity index (χ0n) is 25.1. The van der Waals surface area contributed by atoms with Crippen molar-refractivity contribution >= 4 is 39.8 Å². The van der Waals surface area contributed by atoms with Gasteiger partial charge >= 0.3 is 0 Å². The van der Waals surface area contributed by atoms with Crippen LogP contribution >= 0.6 is 11.6 Å². The summed E-state index contributed by atoms with van der Waals surface area (Å²) in [5, 5.41) is 21.5. The van der Waals surface area contributed by atoms with E-state index in [1.54, 1.807) is 82.4 Å². The number of nitrogens with two attached hydrogens (primary N) is 1. The predicted octanol–water partition coefficient (Wildman–Crippen LogP) is 7.45. The first-order chi connectivity index (χ1) is 21.3. The number of pyridine rings is 2. The number of halogens is 1. The van der Waals surface area contributed by atoms with E-state index in [1.165, 1.54) is 18.3 Å². The first-order valence-electron chi connectivity index (χ1n) is 13.5. The summed E-state index contributed by atoms with van der Waals surface area (Å²) in [6, 6.07) is 15.9. The summed E-state index contributed by atoms with van der Waals surface area (Å²) < 4.78 is 11.1. The lowest BCUT2D eigenvalue weighted by Gasteiger charge is -2.07. The maximum absolute atomic E-state index is 11.5. The molecule has 2 heterocycles. The number of rotatable bonds is 10. The average molecular weight is 638 g/mol. The van der Waals surface area contributed by atoms with E-state index in [9.17, 15) is 29.8 Å². The Bertz CT molecular complexity index is 1670. The number of aromatic nitrogens is 2. The third-order valence-electron chi connectivity index (χ3n) is 5.82. The molecule has 2 aromatic carbocycles. The monoisotopic (exact) mass is 637 g/mol. The van der Waals surface area contributed by atoms with Gasteiger partial charge in [-0.15, -0.1) is 0 Å². The number of benzene rings is 2. The SMILES string of the molecule is CCC(=O)Cc1cc(Oc2ccc(C)c([N+](=O)[O-])c2)ccn1.CCC(=O)Cl.Cc1ccc(Oc2ccnc(N)c2)cc1[N+](=O)[O-]. The minimum atomic E-state index is -0.444. The molecule has 0 unspecified atom stereocenters. The molecule has 2 aromatic heterocycles. The fraction of sp³-hybridized carbons (Fsp3) is 0.226. The second-order valence-electron chi connectivity index (χ2n) is 9.29. The molecule has 13 nitrogen and oxygen atoms in total. The number of carbonyl (C=O) groups excluding carboxylic acids is 2. The summed E-state index contributed by atoms with van der Waals surface area (Å²) in [6.45, 7) is 6.86. The van der Waals surface area contributed by atoms with Crippen LogP contribution in [0.3, 0.4) is 0 Å². The number of hydrogen-bond acceptors (Lipinski definition) is 11. The van der Waals surface area contributed by atoms with Crippen molar-refractivity contribution < 1.29 is 28.9 Å². The summed E-state index contributed by atoms with van der Waals surface area (Å²) in [4.78, 5) is 49.8. The number of nitrogens with zero attached hydrogens (tertiary/aromatic N) is 4. The number of ketones is 1. The Morgan fingerprint density at radius 2 is 1.20 bits per heavy atom. The molecule has 0 amide bonds. The quantitative estimate of drug-likeness (QED) is 0.103. The summed E-state index contributed by atoms with van der Waals surface area (Å²) in [7, 11) is 0. The third kappa shape index (κ3) is 12.4. The smallest absolute Gasteiger partial charge is 0.276 e. The highest BCUT2D eigenvalue weighted by molar-refractivity contribution is 6.63. The van der Waals surface area contributed by atoms with Crippen molar-refractivity contribution in [3.63, 3.8) is 0 Å². The molecule has 0 aliphatic carbocycles. The highest BCUT2D eigenvalue weighted by Crippen LogP contribution is 2.29. The van der Waals surface area contributed by atoms with Crippen LogP contribution in [0.4, 0.5) is 17.2 Å². The van der Waals surface area contributed by atoms with Crippen molar-refractivity contribution in [2.24, 2.45) is 0 Å². The molecule has 0 aliphatic heterocycles. The van der Waals surface area contributed by atoms with Crippen molar-refractivity contribution in [1.29, 1.82) is 0 Å². The first kappa shape index (κ1) is 35.8. The van der Waals surface area contributed by atoms with Crippen molar-refractivity contribution in [2.45, 2.75) is 47.0 Å². The molecular weight excluding hydrogens is 606 g/mol. The fourth-order valence-electron chi connectivity index (χ4n) is 3.41. The van der Waals surface area contributed by atoms with Gasteiger partial charge in [-0.2, -0.15) is 0 Å². The number of carbonyl (C=O) groups is 2. The van der Waals surface area contributed by atoms with Crippen LogP contribution in [0, 0.1) is 34.1 Å². The van der Waals surface area contributed by atoms with Gasteiger partial charge in [0.1, 0.15) is 34.6 Å². The molecule has 0 saturated carbocycles. The Morgan fingerprint density at radius 3 is 1.62 bits per heavy atom. The van der Waals surface area contributed by atoms with Gasteiger partial charge in [-0.1, -0.05) is 13.8 Å². The Labute approximate surface area is 264 Å². The van der Waals surface area contributed by atoms with Crippen LogP contribution in [0.1, 0.15) is 43.5 Å². The molecule has 0 bridgehead atoms. The fourth-order valence-corrected chi connectivity index (χ4v) is 3.41. The summed E-state index contributed by atoms with van der Waals surface area (Å²) in [5.41, 5.74) is 7.32. The van der Waals surface area contributed by atoms with E-state index in [2.05, 4.69) is 9.97 Å². The zero-order chi connectivity index (χ0) is 33.5. The van der Waals surface area contributed by atoms with Gasteiger partial charge in [-0.05, 0) is 61.8 Å². The number of anilines is 1. The number of Topliss-reactive ketones (excluding diaryl/α,β-unsaturated/α-hetero) is 1. The first-order valence-corrected chi connectivity index (χ1v) is 13.9. The Balaban J connectivity index is 0.000000277. The predicted molar refractivity (Wildman–Crippen MR) is 169 cm³/mol. The molecule has 0 fully saturated rings. The van der Waals surface area contributed by atoms with Gasteiger partial charge in [0, 0.05) is 54.9 Å². The van der Waals surface area contributed by atoms with Crippen LogP contribution in [-0.2, 0) is 16.0 Å². The lowest BCUT2D eigenvalue weighted by atomic mass is 10.1. The van der Waals surface area contributed by atoms with Gasteiger partial charge in [0.15, 0.2) is 0 Å². The lowest BCUT2D eigenvalue weighted by Crippen LogP contribution is -2.02. The molecule has 4 rings (SSSR count). The molecule has 236 valence electrons. The standard InChI is InChI=1S/C16H16N2O4.C12H11N3O3.C3H5ClO/c1-3-13(19)8-12-9-15(6-7-17-12)22-14-5-4-11(2)16(10-14)18(20)21;1-8-2-3-9(6-11(8)15(16)17)18-10-4-5-14-12(13)7-10;1-2-3(4)5/h4-7,9-10H,3,8H2,1-2H3;2-7H,1H3,(H2,13,14);2H2,1H3. The van der Waals surface area contributed by atoms with Crippen molar-refractivity contribution in [2.75, 3.05) is 5.73 Å². The van der Waals surface area contributed by atoms with Crippen molar-refractivity contribution in [3.05, 3.63) is 110 Å². The number of hydrogen-bond donors (Lipinski definition) is 1. The van der Waals surface area contributed by atoms with Crippen LogP contribution in [0.15, 0.2) is 73.1 Å². The molecule has 2 N–H and O–H groups in total. The number of aryl methyl sites for hydroxylation is 2. The van der Waals surface area contributed by atoms with E-state index >= 15 is 0 Å². The summed E-state index contributed by atoms with van der Waals surface area (Å²) in [6.07, 6.45) is 4.20. The normalized spacial score (nSPS) is 9.89. The number of ether oxygens (including phenoxy) is 2. The molecule has 45 heavy (non-hydrogen) atoms. The lowest BCUT2D eigenvalue weighted by molar-refractivity contribution is -0.385. The molecular formula is C31H32ClN5O8. The largest absolute Gasteiger partial charge is 0.457 e. The van der Waals surface area contributed by atoms with E-state index in [-0.39, 0.29) is 28.8 Å². The Morgan fingerprint density at radius 1 is 0.756 bits per heavy atom. The highest BCUT2D eigenvalue weighted by Gasteiger charge is 2.13. The van der Waals surface area contributed by atoms with Crippen LogP contribution in [-0.4, -0.2) is 30.8 Å². The number of nitro groups is 2. The molecule has 0 radical (unpaired) electrons. The molecule has 14 heteroatoms. The van der Waals surface area contributed by atoms with Gasteiger partial charge < -0.3 is 15.2 Å². The van der Waals surface area contributed by atoms with E-state index in [0.717, 1.165) is 0 Å². The Hall–Kier alpha value is -5.43. The van der Waals surface area contributed by atoms with E-state index < -0.39 is 9.85 Å². The van der Waals surface area contributed by atoms with Crippen LogP contribution in [0.25, 0.3) is 0 Å². The van der Waals surface area contributed by atoms with Gasteiger partial charge in [0.2, 0.25) is 5.24 Å². The van der Waals surface area contributed by atoms with Gasteiger partial charge in [-0.25, -0.2) is 4.98 Å². The Kier molecular flexibility index (Phi) is 14.0.